The normalized spacial score (nSPS) is 22.7. The minimum atomic E-state index is 0.489. The Kier molecular flexibility index (Phi) is 3.92. The molecule has 0 unspecified atom stereocenters. The molecule has 2 aliphatic rings. The number of alkyl halides is 1. The lowest BCUT2D eigenvalue weighted by atomic mass is 9.68. The van der Waals surface area contributed by atoms with E-state index in [0.29, 0.717) is 11.3 Å². The fourth-order valence-corrected chi connectivity index (χ4v) is 3.70. The first-order valence-electron chi connectivity index (χ1n) is 7.43. The van der Waals surface area contributed by atoms with Crippen LogP contribution in [0.25, 0.3) is 0 Å². The van der Waals surface area contributed by atoms with E-state index in [1.807, 2.05) is 12.4 Å². The van der Waals surface area contributed by atoms with Gasteiger partial charge in [-0.05, 0) is 31.1 Å². The average Bonchev–Trinajstić information content (AvgIpc) is 2.49. The predicted octanol–water partition coefficient (Wildman–Crippen LogP) is 3.77. The van der Waals surface area contributed by atoms with Crippen LogP contribution in [0.15, 0.2) is 12.4 Å². The van der Waals surface area contributed by atoms with Crippen LogP contribution in [0, 0.1) is 5.41 Å². The molecule has 104 valence electrons. The van der Waals surface area contributed by atoms with Crippen LogP contribution >= 0.6 is 11.6 Å². The summed E-state index contributed by atoms with van der Waals surface area (Å²) >= 11 is 5.77. The van der Waals surface area contributed by atoms with E-state index in [2.05, 4.69) is 14.9 Å². The maximum absolute atomic E-state index is 5.77. The molecule has 1 saturated carbocycles. The van der Waals surface area contributed by atoms with Crippen molar-refractivity contribution < 1.29 is 0 Å². The molecule has 0 bridgehead atoms. The number of hydrogen-bond acceptors (Lipinski definition) is 3. The van der Waals surface area contributed by atoms with E-state index in [1.165, 1.54) is 44.9 Å². The third-order valence-electron chi connectivity index (χ3n) is 4.87. The fraction of sp³-hybridized carbons (Fsp3) is 0.733. The second kappa shape index (κ2) is 5.66. The quantitative estimate of drug-likeness (QED) is 0.772. The Hall–Kier alpha value is -0.830. The van der Waals surface area contributed by atoms with Crippen LogP contribution in [0.1, 0.15) is 50.5 Å². The van der Waals surface area contributed by atoms with E-state index < -0.39 is 0 Å². The van der Waals surface area contributed by atoms with Crippen molar-refractivity contribution in [2.45, 2.75) is 50.8 Å². The number of piperidine rings is 1. The number of anilines is 1. The summed E-state index contributed by atoms with van der Waals surface area (Å²) in [6.07, 6.45) is 13.5. The Morgan fingerprint density at radius 3 is 2.21 bits per heavy atom. The van der Waals surface area contributed by atoms with Gasteiger partial charge in [-0.1, -0.05) is 19.3 Å². The number of halogens is 1. The molecule has 1 aromatic heterocycles. The summed E-state index contributed by atoms with van der Waals surface area (Å²) in [6.45, 7) is 2.22. The first-order chi connectivity index (χ1) is 9.31. The number of rotatable bonds is 2. The van der Waals surface area contributed by atoms with Gasteiger partial charge < -0.3 is 4.90 Å². The summed E-state index contributed by atoms with van der Waals surface area (Å²) in [5.41, 5.74) is 1.64. The Bertz CT molecular complexity index is 402. The number of aromatic nitrogens is 2. The second-order valence-corrected chi connectivity index (χ2v) is 6.34. The van der Waals surface area contributed by atoms with Crippen molar-refractivity contribution in [3.63, 3.8) is 0 Å². The Morgan fingerprint density at radius 1 is 1.00 bits per heavy atom. The molecule has 2 fully saturated rings. The van der Waals surface area contributed by atoms with Crippen LogP contribution in [0.3, 0.4) is 0 Å². The fourth-order valence-electron chi connectivity index (χ4n) is 3.56. The molecule has 3 nitrogen and oxygen atoms in total. The van der Waals surface area contributed by atoms with Gasteiger partial charge >= 0.3 is 0 Å². The van der Waals surface area contributed by atoms with Crippen LogP contribution in [0.4, 0.5) is 5.95 Å². The summed E-state index contributed by atoms with van der Waals surface area (Å²) in [7, 11) is 0. The minimum absolute atomic E-state index is 0.489. The van der Waals surface area contributed by atoms with Crippen LogP contribution < -0.4 is 4.90 Å². The standard InChI is InChI=1S/C15H22ClN3/c16-10-13-11-17-14(18-12-13)19-8-6-15(7-9-19)4-2-1-3-5-15/h11-12H,1-10H2. The second-order valence-electron chi connectivity index (χ2n) is 6.07. The minimum Gasteiger partial charge on any atom is -0.341 e. The largest absolute Gasteiger partial charge is 0.341 e. The Labute approximate surface area is 120 Å². The molecule has 0 aromatic carbocycles. The first-order valence-corrected chi connectivity index (χ1v) is 7.97. The van der Waals surface area contributed by atoms with Gasteiger partial charge in [0, 0.05) is 31.0 Å². The molecule has 2 heterocycles. The summed E-state index contributed by atoms with van der Waals surface area (Å²) < 4.78 is 0. The molecule has 0 radical (unpaired) electrons. The Morgan fingerprint density at radius 2 is 1.63 bits per heavy atom. The molecule has 1 aromatic rings. The zero-order valence-corrected chi connectivity index (χ0v) is 12.2. The van der Waals surface area contributed by atoms with Crippen LogP contribution in [-0.4, -0.2) is 23.1 Å². The zero-order chi connectivity index (χ0) is 13.1. The highest BCUT2D eigenvalue weighted by Gasteiger charge is 2.35. The molecule has 1 aliphatic heterocycles. The maximum Gasteiger partial charge on any atom is 0.225 e. The summed E-state index contributed by atoms with van der Waals surface area (Å²) in [5.74, 6) is 1.36. The van der Waals surface area contributed by atoms with Gasteiger partial charge in [-0.3, -0.25) is 0 Å². The van der Waals surface area contributed by atoms with Gasteiger partial charge in [0.15, 0.2) is 0 Å². The highest BCUT2D eigenvalue weighted by molar-refractivity contribution is 6.17. The number of nitrogens with zero attached hydrogens (tertiary/aromatic N) is 3. The lowest BCUT2D eigenvalue weighted by Gasteiger charge is -2.44. The van der Waals surface area contributed by atoms with Crippen molar-refractivity contribution in [3.05, 3.63) is 18.0 Å². The van der Waals surface area contributed by atoms with Gasteiger partial charge in [-0.25, -0.2) is 9.97 Å². The van der Waals surface area contributed by atoms with Crippen molar-refractivity contribution >= 4 is 17.5 Å². The lowest BCUT2D eigenvalue weighted by molar-refractivity contribution is 0.144. The molecule has 19 heavy (non-hydrogen) atoms. The monoisotopic (exact) mass is 279 g/mol. The Balaban J connectivity index is 1.62. The van der Waals surface area contributed by atoms with E-state index in [1.54, 1.807) is 0 Å². The summed E-state index contributed by atoms with van der Waals surface area (Å²) in [4.78, 5) is 11.2. The summed E-state index contributed by atoms with van der Waals surface area (Å²) in [6, 6.07) is 0. The van der Waals surface area contributed by atoms with Crippen molar-refractivity contribution in [1.82, 2.24) is 9.97 Å². The molecular formula is C15H22ClN3. The van der Waals surface area contributed by atoms with Gasteiger partial charge in [-0.15, -0.1) is 11.6 Å². The smallest absolute Gasteiger partial charge is 0.225 e. The van der Waals surface area contributed by atoms with Crippen LogP contribution in [0.2, 0.25) is 0 Å². The maximum atomic E-state index is 5.77. The van der Waals surface area contributed by atoms with Crippen molar-refractivity contribution in [2.75, 3.05) is 18.0 Å². The van der Waals surface area contributed by atoms with E-state index in [4.69, 9.17) is 11.6 Å². The molecule has 1 saturated heterocycles. The third-order valence-corrected chi connectivity index (χ3v) is 5.18. The third kappa shape index (κ3) is 2.86. The number of hydrogen-bond donors (Lipinski definition) is 0. The topological polar surface area (TPSA) is 29.0 Å². The van der Waals surface area contributed by atoms with Gasteiger partial charge in [-0.2, -0.15) is 0 Å². The molecule has 4 heteroatoms. The molecular weight excluding hydrogens is 258 g/mol. The van der Waals surface area contributed by atoms with Crippen LogP contribution in [0.5, 0.6) is 0 Å². The molecule has 0 atom stereocenters. The first kappa shape index (κ1) is 13.2. The predicted molar refractivity (Wildman–Crippen MR) is 78.6 cm³/mol. The summed E-state index contributed by atoms with van der Waals surface area (Å²) in [5, 5.41) is 0. The molecule has 3 rings (SSSR count). The van der Waals surface area contributed by atoms with Gasteiger partial charge in [0.25, 0.3) is 0 Å². The van der Waals surface area contributed by atoms with Crippen molar-refractivity contribution in [2.24, 2.45) is 5.41 Å². The highest BCUT2D eigenvalue weighted by Crippen LogP contribution is 2.44. The van der Waals surface area contributed by atoms with E-state index in [0.717, 1.165) is 24.6 Å². The van der Waals surface area contributed by atoms with E-state index in [-0.39, 0.29) is 0 Å². The van der Waals surface area contributed by atoms with E-state index >= 15 is 0 Å². The van der Waals surface area contributed by atoms with Crippen molar-refractivity contribution in [1.29, 1.82) is 0 Å². The molecule has 0 amide bonds. The van der Waals surface area contributed by atoms with Gasteiger partial charge in [0.1, 0.15) is 0 Å². The molecule has 1 aliphatic carbocycles. The van der Waals surface area contributed by atoms with Crippen molar-refractivity contribution in [3.8, 4) is 0 Å². The molecule has 0 N–H and O–H groups in total. The van der Waals surface area contributed by atoms with E-state index in [9.17, 15) is 0 Å². The zero-order valence-electron chi connectivity index (χ0n) is 11.4. The lowest BCUT2D eigenvalue weighted by Crippen LogP contribution is -2.41. The van der Waals surface area contributed by atoms with Crippen LogP contribution in [-0.2, 0) is 5.88 Å². The SMILES string of the molecule is ClCc1cnc(N2CCC3(CCCCC3)CC2)nc1. The van der Waals surface area contributed by atoms with Gasteiger partial charge in [0.05, 0.1) is 5.88 Å². The van der Waals surface area contributed by atoms with Gasteiger partial charge in [0.2, 0.25) is 5.95 Å². The molecule has 1 spiro atoms. The average molecular weight is 280 g/mol. The highest BCUT2D eigenvalue weighted by atomic mass is 35.5.